The summed E-state index contributed by atoms with van der Waals surface area (Å²) in [6, 6.07) is 68.4. The van der Waals surface area contributed by atoms with Crippen LogP contribution in [0.3, 0.4) is 0 Å². The Morgan fingerprint density at radius 3 is 1.77 bits per heavy atom. The van der Waals surface area contributed by atoms with Crippen LogP contribution in [0.2, 0.25) is 0 Å². The summed E-state index contributed by atoms with van der Waals surface area (Å²) in [6.45, 7) is 2.33. The molecule has 4 heteroatoms. The summed E-state index contributed by atoms with van der Waals surface area (Å²) in [4.78, 5) is 5.03. The molecule has 0 atom stereocenters. The zero-order chi connectivity index (χ0) is 36.7. The summed E-state index contributed by atoms with van der Waals surface area (Å²) in [6.07, 6.45) is 0. The molecule has 13 rings (SSSR count). The van der Waals surface area contributed by atoms with Crippen molar-refractivity contribution < 1.29 is 0 Å². The van der Waals surface area contributed by atoms with Crippen molar-refractivity contribution in [1.82, 2.24) is 0 Å². The molecular weight excluding hydrogens is 695 g/mol. The predicted molar refractivity (Wildman–Crippen MR) is 237 cm³/mol. The molecule has 260 valence electrons. The smallest absolute Gasteiger partial charge is 0.264 e. The number of para-hydroxylation sites is 3. The van der Waals surface area contributed by atoms with E-state index in [1.807, 2.05) is 11.3 Å². The van der Waals surface area contributed by atoms with Crippen LogP contribution in [0, 0.1) is 6.92 Å². The SMILES string of the molecule is Cc1ccc2c(c1)C1(c3ccccc3-c3ccccc31)c1cc3sc4c(c3cc1-2)N(c1ccccc1)c1cccc2c1B4c1ccccc1N2c1ccccc1. The van der Waals surface area contributed by atoms with E-state index in [2.05, 4.69) is 199 Å². The Hall–Kier alpha value is -6.62. The average Bonchev–Trinajstić information content (AvgIpc) is 3.87. The molecule has 0 bridgehead atoms. The molecule has 0 fully saturated rings. The Bertz CT molecular complexity index is 3080. The number of fused-ring (bicyclic) bond motifs is 16. The highest BCUT2D eigenvalue weighted by Gasteiger charge is 2.52. The van der Waals surface area contributed by atoms with E-state index < -0.39 is 0 Å². The molecule has 3 heterocycles. The molecular formula is C52H33BN2S. The third-order valence-corrected chi connectivity index (χ3v) is 14.1. The van der Waals surface area contributed by atoms with Gasteiger partial charge in [-0.3, -0.25) is 0 Å². The van der Waals surface area contributed by atoms with E-state index >= 15 is 0 Å². The first-order chi connectivity index (χ1) is 27.7. The lowest BCUT2D eigenvalue weighted by atomic mass is 9.36. The van der Waals surface area contributed by atoms with Crippen LogP contribution < -0.4 is 25.5 Å². The lowest BCUT2D eigenvalue weighted by Crippen LogP contribution is -2.60. The van der Waals surface area contributed by atoms with Gasteiger partial charge < -0.3 is 9.80 Å². The number of nitrogens with zero attached hydrogens (tertiary/aromatic N) is 2. The molecule has 1 spiro atoms. The highest BCUT2D eigenvalue weighted by Crippen LogP contribution is 2.64. The third kappa shape index (κ3) is 3.73. The van der Waals surface area contributed by atoms with Gasteiger partial charge in [-0.05, 0) is 117 Å². The fourth-order valence-electron chi connectivity index (χ4n) is 10.8. The minimum absolute atomic E-state index is 0.0939. The molecule has 1 aromatic heterocycles. The highest BCUT2D eigenvalue weighted by molar-refractivity contribution is 7.33. The van der Waals surface area contributed by atoms with Crippen molar-refractivity contribution in [2.24, 2.45) is 0 Å². The summed E-state index contributed by atoms with van der Waals surface area (Å²) >= 11 is 1.99. The van der Waals surface area contributed by atoms with Gasteiger partial charge in [0.1, 0.15) is 0 Å². The monoisotopic (exact) mass is 728 g/mol. The van der Waals surface area contributed by atoms with E-state index in [1.54, 1.807) is 0 Å². The van der Waals surface area contributed by atoms with Gasteiger partial charge in [0.15, 0.2) is 0 Å². The Labute approximate surface area is 330 Å². The summed E-state index contributed by atoms with van der Waals surface area (Å²) in [5.74, 6) is 0. The van der Waals surface area contributed by atoms with Crippen molar-refractivity contribution in [3.63, 3.8) is 0 Å². The maximum absolute atomic E-state index is 2.58. The molecule has 0 saturated carbocycles. The van der Waals surface area contributed by atoms with E-state index in [0.29, 0.717) is 0 Å². The molecule has 56 heavy (non-hydrogen) atoms. The van der Waals surface area contributed by atoms with Crippen LogP contribution >= 0.6 is 11.3 Å². The van der Waals surface area contributed by atoms with Crippen LogP contribution in [-0.4, -0.2) is 6.71 Å². The molecule has 2 aliphatic heterocycles. The van der Waals surface area contributed by atoms with E-state index in [4.69, 9.17) is 0 Å². The fraction of sp³-hybridized carbons (Fsp3) is 0.0385. The number of thiophene rings is 1. The zero-order valence-electron chi connectivity index (χ0n) is 30.7. The van der Waals surface area contributed by atoms with Gasteiger partial charge in [0.05, 0.1) is 11.1 Å². The van der Waals surface area contributed by atoms with E-state index in [1.165, 1.54) is 110 Å². The van der Waals surface area contributed by atoms with Gasteiger partial charge in [-0.1, -0.05) is 133 Å². The van der Waals surface area contributed by atoms with E-state index in [9.17, 15) is 0 Å². The number of hydrogen-bond donors (Lipinski definition) is 0. The largest absolute Gasteiger partial charge is 0.311 e. The minimum Gasteiger partial charge on any atom is -0.311 e. The summed E-state index contributed by atoms with van der Waals surface area (Å²) < 4.78 is 2.73. The quantitative estimate of drug-likeness (QED) is 0.164. The van der Waals surface area contributed by atoms with Gasteiger partial charge in [-0.15, -0.1) is 11.3 Å². The van der Waals surface area contributed by atoms with Gasteiger partial charge in [0, 0.05) is 43.3 Å². The second-order valence-corrected chi connectivity index (χ2v) is 16.7. The lowest BCUT2D eigenvalue weighted by molar-refractivity contribution is 0.794. The normalized spacial score (nSPS) is 14.6. The number of anilines is 6. The van der Waals surface area contributed by atoms with Crippen molar-refractivity contribution in [2.75, 3.05) is 9.80 Å². The maximum Gasteiger partial charge on any atom is 0.264 e. The number of benzene rings is 8. The van der Waals surface area contributed by atoms with Crippen molar-refractivity contribution in [2.45, 2.75) is 12.3 Å². The standard InChI is InChI=1S/C52H33BN2S/c1-32-27-28-37-38-30-39-48(31-43(38)52(42(37)29-32)40-21-10-8-19-35(40)36-20-9-11-22-41(36)52)56-51-50(39)55(34-17-6-3-7-18-34)47-26-14-25-46-49(47)53(51)44-23-12-13-24-45(44)54(46)33-15-4-2-5-16-33/h2-31H,1H3. The van der Waals surface area contributed by atoms with Crippen LogP contribution in [0.5, 0.6) is 0 Å². The van der Waals surface area contributed by atoms with Crippen LogP contribution in [0.15, 0.2) is 182 Å². The first kappa shape index (κ1) is 30.7. The molecule has 0 saturated heterocycles. The Morgan fingerprint density at radius 2 is 1.04 bits per heavy atom. The number of hydrogen-bond acceptors (Lipinski definition) is 3. The highest BCUT2D eigenvalue weighted by atomic mass is 32.1. The fourth-order valence-corrected chi connectivity index (χ4v) is 12.2. The van der Waals surface area contributed by atoms with Crippen molar-refractivity contribution >= 4 is 78.0 Å². The van der Waals surface area contributed by atoms with Crippen molar-refractivity contribution in [3.8, 4) is 22.3 Å². The molecule has 0 radical (unpaired) electrons. The van der Waals surface area contributed by atoms with Crippen molar-refractivity contribution in [1.29, 1.82) is 0 Å². The first-order valence-electron chi connectivity index (χ1n) is 19.6. The van der Waals surface area contributed by atoms with Gasteiger partial charge in [-0.25, -0.2) is 0 Å². The Morgan fingerprint density at radius 1 is 0.464 bits per heavy atom. The first-order valence-corrected chi connectivity index (χ1v) is 20.4. The van der Waals surface area contributed by atoms with Crippen LogP contribution in [0.4, 0.5) is 34.1 Å². The van der Waals surface area contributed by atoms with E-state index in [0.717, 1.165) is 0 Å². The van der Waals surface area contributed by atoms with Gasteiger partial charge in [0.25, 0.3) is 6.71 Å². The Balaban J connectivity index is 1.15. The number of rotatable bonds is 2. The molecule has 2 nitrogen and oxygen atoms in total. The summed E-state index contributed by atoms with van der Waals surface area (Å²) in [5, 5.41) is 1.31. The zero-order valence-corrected chi connectivity index (χ0v) is 31.5. The maximum atomic E-state index is 2.58. The van der Waals surface area contributed by atoms with Crippen LogP contribution in [-0.2, 0) is 5.41 Å². The molecule has 0 N–H and O–H groups in total. The number of aryl methyl sites for hydroxylation is 1. The van der Waals surface area contributed by atoms with Crippen LogP contribution in [0.1, 0.15) is 27.8 Å². The van der Waals surface area contributed by atoms with Gasteiger partial charge in [-0.2, -0.15) is 0 Å². The Kier molecular flexibility index (Phi) is 6.03. The average molecular weight is 729 g/mol. The topological polar surface area (TPSA) is 6.48 Å². The predicted octanol–water partition coefficient (Wildman–Crippen LogP) is 11.6. The molecule has 8 aromatic carbocycles. The lowest BCUT2D eigenvalue weighted by Gasteiger charge is -2.43. The van der Waals surface area contributed by atoms with Gasteiger partial charge in [0.2, 0.25) is 0 Å². The van der Waals surface area contributed by atoms with Crippen LogP contribution in [0.25, 0.3) is 32.3 Å². The van der Waals surface area contributed by atoms with Crippen molar-refractivity contribution in [3.05, 3.63) is 210 Å². The van der Waals surface area contributed by atoms with Gasteiger partial charge >= 0.3 is 0 Å². The molecule has 9 aromatic rings. The minimum atomic E-state index is -0.383. The molecule has 0 amide bonds. The molecule has 0 unspecified atom stereocenters. The summed E-state index contributed by atoms with van der Waals surface area (Å²) in [7, 11) is 0. The van der Waals surface area contributed by atoms with E-state index in [-0.39, 0.29) is 12.1 Å². The molecule has 4 aliphatic rings. The second kappa shape index (κ2) is 11.0. The third-order valence-electron chi connectivity index (χ3n) is 12.9. The molecule has 2 aliphatic carbocycles. The second-order valence-electron chi connectivity index (χ2n) is 15.6. The summed E-state index contributed by atoms with van der Waals surface area (Å²) in [5.41, 5.74) is 21.9.